The van der Waals surface area contributed by atoms with Crippen LogP contribution in [0.3, 0.4) is 0 Å². The van der Waals surface area contributed by atoms with Gasteiger partial charge in [0, 0.05) is 0 Å². The molecule has 2 aliphatic carbocycles. The molecule has 2 saturated carbocycles. The number of hydrogen-bond donors (Lipinski definition) is 1. The van der Waals surface area contributed by atoms with Gasteiger partial charge in [0.15, 0.2) is 0 Å². The van der Waals surface area contributed by atoms with Crippen molar-refractivity contribution >= 4 is 5.97 Å². The maximum absolute atomic E-state index is 10.9. The van der Waals surface area contributed by atoms with Gasteiger partial charge in [-0.25, -0.2) is 0 Å². The Morgan fingerprint density at radius 3 is 2.13 bits per heavy atom. The lowest BCUT2D eigenvalue weighted by molar-refractivity contribution is -0.139. The largest absolute Gasteiger partial charge is 0.481 e. The summed E-state index contributed by atoms with van der Waals surface area (Å²) in [5, 5.41) is 9.00. The van der Waals surface area contributed by atoms with Crippen molar-refractivity contribution < 1.29 is 9.90 Å². The Hall–Kier alpha value is -0.530. The van der Waals surface area contributed by atoms with Crippen molar-refractivity contribution in [3.05, 3.63) is 0 Å². The summed E-state index contributed by atoms with van der Waals surface area (Å²) in [7, 11) is 0. The molecule has 0 aliphatic heterocycles. The molecule has 1 spiro atoms. The summed E-state index contributed by atoms with van der Waals surface area (Å²) >= 11 is 0. The predicted molar refractivity (Wildman–Crippen MR) is 59.6 cm³/mol. The Morgan fingerprint density at radius 2 is 1.80 bits per heavy atom. The molecule has 15 heavy (non-hydrogen) atoms. The number of rotatable bonds is 1. The van der Waals surface area contributed by atoms with Crippen molar-refractivity contribution in [2.75, 3.05) is 0 Å². The minimum atomic E-state index is -0.566. The number of carboxylic acid groups (broad SMARTS) is 1. The standard InChI is InChI=1S/C13H22O2/c1-12(2,3)9-4-6-13(7-5-9)8-10(13)11(14)15/h9-10H,4-8H2,1-3H3,(H,14,15). The lowest BCUT2D eigenvalue weighted by Gasteiger charge is -2.37. The van der Waals surface area contributed by atoms with Crippen molar-refractivity contribution in [2.24, 2.45) is 22.7 Å². The van der Waals surface area contributed by atoms with Gasteiger partial charge in [0.25, 0.3) is 0 Å². The molecular weight excluding hydrogens is 188 g/mol. The zero-order chi connectivity index (χ0) is 11.3. The van der Waals surface area contributed by atoms with E-state index in [1.54, 1.807) is 0 Å². The van der Waals surface area contributed by atoms with Crippen LogP contribution >= 0.6 is 0 Å². The molecule has 0 saturated heterocycles. The van der Waals surface area contributed by atoms with Crippen LogP contribution in [0.5, 0.6) is 0 Å². The van der Waals surface area contributed by atoms with E-state index in [2.05, 4.69) is 20.8 Å². The minimum absolute atomic E-state index is 0.0154. The predicted octanol–water partition coefficient (Wildman–Crippen LogP) is 3.31. The fourth-order valence-electron chi connectivity index (χ4n) is 3.31. The SMILES string of the molecule is CC(C)(C)C1CCC2(CC1)CC2C(=O)O. The van der Waals surface area contributed by atoms with Crippen molar-refractivity contribution in [3.8, 4) is 0 Å². The Morgan fingerprint density at radius 1 is 1.27 bits per heavy atom. The van der Waals surface area contributed by atoms with E-state index in [-0.39, 0.29) is 11.3 Å². The Kier molecular flexibility index (Phi) is 2.36. The normalized spacial score (nSPS) is 40.5. The second-order valence-corrected chi connectivity index (χ2v) is 6.60. The average Bonchev–Trinajstić information content (AvgIpc) is 2.79. The average molecular weight is 210 g/mol. The van der Waals surface area contributed by atoms with Crippen molar-refractivity contribution in [2.45, 2.75) is 52.9 Å². The second-order valence-electron chi connectivity index (χ2n) is 6.60. The third-order valence-corrected chi connectivity index (χ3v) is 4.69. The fraction of sp³-hybridized carbons (Fsp3) is 0.923. The van der Waals surface area contributed by atoms with E-state index in [4.69, 9.17) is 5.11 Å². The molecule has 2 fully saturated rings. The van der Waals surface area contributed by atoms with Gasteiger partial charge in [-0.1, -0.05) is 20.8 Å². The molecule has 2 rings (SSSR count). The van der Waals surface area contributed by atoms with Gasteiger partial charge in [-0.3, -0.25) is 4.79 Å². The van der Waals surface area contributed by atoms with Gasteiger partial charge in [0.1, 0.15) is 0 Å². The van der Waals surface area contributed by atoms with Gasteiger partial charge in [-0.05, 0) is 48.9 Å². The van der Waals surface area contributed by atoms with Gasteiger partial charge < -0.3 is 5.11 Å². The Balaban J connectivity index is 1.92. The molecule has 0 bridgehead atoms. The van der Waals surface area contributed by atoms with E-state index in [0.717, 1.165) is 25.2 Å². The highest BCUT2D eigenvalue weighted by Crippen LogP contribution is 2.63. The van der Waals surface area contributed by atoms with Gasteiger partial charge in [-0.15, -0.1) is 0 Å². The van der Waals surface area contributed by atoms with E-state index in [0.29, 0.717) is 5.41 Å². The van der Waals surface area contributed by atoms with Crippen LogP contribution in [-0.4, -0.2) is 11.1 Å². The second kappa shape index (κ2) is 3.23. The highest BCUT2D eigenvalue weighted by atomic mass is 16.4. The number of carbonyl (C=O) groups is 1. The molecule has 2 nitrogen and oxygen atoms in total. The molecule has 0 aromatic rings. The molecule has 1 N–H and O–H groups in total. The highest BCUT2D eigenvalue weighted by molar-refractivity contribution is 5.74. The van der Waals surface area contributed by atoms with E-state index in [9.17, 15) is 4.79 Å². The van der Waals surface area contributed by atoms with Crippen LogP contribution in [-0.2, 0) is 4.79 Å². The summed E-state index contributed by atoms with van der Waals surface area (Å²) in [5.74, 6) is 0.209. The number of hydrogen-bond acceptors (Lipinski definition) is 1. The highest BCUT2D eigenvalue weighted by Gasteiger charge is 2.59. The first-order chi connectivity index (χ1) is 6.85. The van der Waals surface area contributed by atoms with E-state index in [1.807, 2.05) is 0 Å². The summed E-state index contributed by atoms with van der Waals surface area (Å²) in [5.41, 5.74) is 0.614. The molecular formula is C13H22O2. The maximum atomic E-state index is 10.9. The molecule has 0 radical (unpaired) electrons. The minimum Gasteiger partial charge on any atom is -0.481 e. The lowest BCUT2D eigenvalue weighted by Crippen LogP contribution is -2.27. The monoisotopic (exact) mass is 210 g/mol. The van der Waals surface area contributed by atoms with Gasteiger partial charge in [0.2, 0.25) is 0 Å². The molecule has 2 heteroatoms. The van der Waals surface area contributed by atoms with E-state index >= 15 is 0 Å². The molecule has 2 aliphatic rings. The summed E-state index contributed by atoms with van der Waals surface area (Å²) < 4.78 is 0. The quantitative estimate of drug-likeness (QED) is 0.721. The summed E-state index contributed by atoms with van der Waals surface area (Å²) in [6.45, 7) is 6.91. The molecule has 0 aromatic carbocycles. The van der Waals surface area contributed by atoms with Gasteiger partial charge >= 0.3 is 5.97 Å². The van der Waals surface area contributed by atoms with Crippen molar-refractivity contribution in [1.29, 1.82) is 0 Å². The summed E-state index contributed by atoms with van der Waals surface area (Å²) in [4.78, 5) is 10.9. The Bertz CT molecular complexity index is 267. The van der Waals surface area contributed by atoms with Crippen molar-refractivity contribution in [1.82, 2.24) is 0 Å². The number of aliphatic carboxylic acids is 1. The molecule has 0 heterocycles. The lowest BCUT2D eigenvalue weighted by atomic mass is 9.68. The fourth-order valence-corrected chi connectivity index (χ4v) is 3.31. The van der Waals surface area contributed by atoms with Gasteiger partial charge in [-0.2, -0.15) is 0 Å². The summed E-state index contributed by atoms with van der Waals surface area (Å²) in [6, 6.07) is 0. The topological polar surface area (TPSA) is 37.3 Å². The zero-order valence-electron chi connectivity index (χ0n) is 10.0. The molecule has 0 aromatic heterocycles. The van der Waals surface area contributed by atoms with E-state index in [1.165, 1.54) is 12.8 Å². The van der Waals surface area contributed by atoms with Crippen LogP contribution in [0.15, 0.2) is 0 Å². The van der Waals surface area contributed by atoms with Crippen molar-refractivity contribution in [3.63, 3.8) is 0 Å². The van der Waals surface area contributed by atoms with E-state index < -0.39 is 5.97 Å². The third kappa shape index (κ3) is 1.91. The van der Waals surface area contributed by atoms with Crippen LogP contribution in [0.4, 0.5) is 0 Å². The molecule has 86 valence electrons. The Labute approximate surface area is 92.1 Å². The molecule has 0 amide bonds. The van der Waals surface area contributed by atoms with Crippen LogP contribution in [0, 0.1) is 22.7 Å². The molecule has 1 unspecified atom stereocenters. The summed E-state index contributed by atoms with van der Waals surface area (Å²) in [6.07, 6.45) is 5.69. The van der Waals surface area contributed by atoms with Crippen LogP contribution < -0.4 is 0 Å². The first-order valence-corrected chi connectivity index (χ1v) is 6.08. The molecule has 1 atom stereocenters. The van der Waals surface area contributed by atoms with Crippen LogP contribution in [0.2, 0.25) is 0 Å². The van der Waals surface area contributed by atoms with Crippen LogP contribution in [0.1, 0.15) is 52.9 Å². The maximum Gasteiger partial charge on any atom is 0.307 e. The van der Waals surface area contributed by atoms with Gasteiger partial charge in [0.05, 0.1) is 5.92 Å². The first kappa shape index (κ1) is 11.0. The zero-order valence-corrected chi connectivity index (χ0v) is 10.0. The third-order valence-electron chi connectivity index (χ3n) is 4.69. The number of carboxylic acids is 1. The van der Waals surface area contributed by atoms with Crippen LogP contribution in [0.25, 0.3) is 0 Å². The smallest absolute Gasteiger partial charge is 0.307 e. The first-order valence-electron chi connectivity index (χ1n) is 6.08.